The SMILES string of the molecule is CCc1nc(-c2ccccc2)c(C)c(-c2ccc(F)cc2)c1COP(=O)(O)CC(O)CC(=O)O. The number of carboxylic acid groups (broad SMARTS) is 1. The van der Waals surface area contributed by atoms with Gasteiger partial charge in [0.25, 0.3) is 0 Å². The summed E-state index contributed by atoms with van der Waals surface area (Å²) in [5.74, 6) is -1.67. The van der Waals surface area contributed by atoms with Crippen molar-refractivity contribution in [2.75, 3.05) is 6.16 Å². The molecular weight excluding hydrogens is 460 g/mol. The molecule has 0 bridgehead atoms. The van der Waals surface area contributed by atoms with Crippen LogP contribution >= 0.6 is 7.60 Å². The van der Waals surface area contributed by atoms with Crippen molar-refractivity contribution < 1.29 is 33.4 Å². The maximum Gasteiger partial charge on any atom is 0.331 e. The first-order valence-corrected chi connectivity index (χ1v) is 12.6. The Morgan fingerprint density at radius 1 is 1.12 bits per heavy atom. The highest BCUT2D eigenvalue weighted by Crippen LogP contribution is 2.45. The fourth-order valence-corrected chi connectivity index (χ4v) is 4.96. The van der Waals surface area contributed by atoms with Crippen molar-refractivity contribution in [3.05, 3.63) is 77.2 Å². The van der Waals surface area contributed by atoms with Gasteiger partial charge in [0.05, 0.1) is 31.0 Å². The number of aliphatic hydroxyl groups is 1. The Hall–Kier alpha value is -2.90. The summed E-state index contributed by atoms with van der Waals surface area (Å²) >= 11 is 0. The number of hydrogen-bond donors (Lipinski definition) is 3. The van der Waals surface area contributed by atoms with Crippen molar-refractivity contribution >= 4 is 13.6 Å². The third-order valence-corrected chi connectivity index (χ3v) is 6.82. The molecule has 34 heavy (non-hydrogen) atoms. The lowest BCUT2D eigenvalue weighted by atomic mass is 9.91. The van der Waals surface area contributed by atoms with Crippen molar-refractivity contribution in [3.63, 3.8) is 0 Å². The average molecular weight is 487 g/mol. The van der Waals surface area contributed by atoms with Crippen LogP contribution in [0.4, 0.5) is 4.39 Å². The van der Waals surface area contributed by atoms with Gasteiger partial charge in [-0.15, -0.1) is 0 Å². The fraction of sp³-hybridized carbons (Fsp3) is 0.280. The number of aromatic nitrogens is 1. The van der Waals surface area contributed by atoms with Crippen molar-refractivity contribution in [3.8, 4) is 22.4 Å². The first-order valence-electron chi connectivity index (χ1n) is 10.8. The summed E-state index contributed by atoms with van der Waals surface area (Å²) < 4.78 is 31.5. The van der Waals surface area contributed by atoms with Gasteiger partial charge in [-0.05, 0) is 42.2 Å². The molecule has 1 heterocycles. The zero-order chi connectivity index (χ0) is 24.9. The zero-order valence-electron chi connectivity index (χ0n) is 18.9. The third-order valence-electron chi connectivity index (χ3n) is 5.40. The fourth-order valence-electron chi connectivity index (χ4n) is 3.86. The molecule has 1 aromatic heterocycles. The average Bonchev–Trinajstić information content (AvgIpc) is 2.78. The highest BCUT2D eigenvalue weighted by molar-refractivity contribution is 7.52. The van der Waals surface area contributed by atoms with Crippen LogP contribution in [0.5, 0.6) is 0 Å². The van der Waals surface area contributed by atoms with Gasteiger partial charge < -0.3 is 19.6 Å². The number of carboxylic acids is 1. The zero-order valence-corrected chi connectivity index (χ0v) is 19.8. The van der Waals surface area contributed by atoms with Gasteiger partial charge in [-0.1, -0.05) is 49.4 Å². The minimum Gasteiger partial charge on any atom is -0.481 e. The number of hydrogen-bond acceptors (Lipinski definition) is 5. The number of halogens is 1. The van der Waals surface area contributed by atoms with Crippen LogP contribution in [0.25, 0.3) is 22.4 Å². The molecule has 0 saturated carbocycles. The lowest BCUT2D eigenvalue weighted by molar-refractivity contribution is -0.138. The van der Waals surface area contributed by atoms with Crippen LogP contribution in [0, 0.1) is 12.7 Å². The Bertz CT molecular complexity index is 1200. The standard InChI is InChI=1S/C25H27FNO6P/c1-3-22-21(14-33-34(31,32)15-20(28)13-23(29)30)24(17-9-11-19(26)12-10-17)16(2)25(27-22)18-7-5-4-6-8-18/h4-12,20,28H,3,13-15H2,1-2H3,(H,29,30)(H,31,32). The molecule has 0 fully saturated rings. The number of rotatable bonds is 10. The Labute approximate surface area is 197 Å². The van der Waals surface area contributed by atoms with E-state index >= 15 is 0 Å². The number of aliphatic hydroxyl groups excluding tert-OH is 1. The second-order valence-corrected chi connectivity index (χ2v) is 9.86. The van der Waals surface area contributed by atoms with E-state index < -0.39 is 32.3 Å². The molecule has 0 aliphatic heterocycles. The second kappa shape index (κ2) is 11.0. The van der Waals surface area contributed by atoms with Gasteiger partial charge in [0.15, 0.2) is 0 Å². The summed E-state index contributed by atoms with van der Waals surface area (Å²) in [6, 6.07) is 15.5. The predicted octanol–water partition coefficient (Wildman–Crippen LogP) is 4.96. The molecule has 3 rings (SSSR count). The van der Waals surface area contributed by atoms with Crippen molar-refractivity contribution in [1.82, 2.24) is 4.98 Å². The van der Waals surface area contributed by atoms with Gasteiger partial charge in [0, 0.05) is 16.8 Å². The van der Waals surface area contributed by atoms with Crippen LogP contribution < -0.4 is 0 Å². The number of carbonyl (C=O) groups is 1. The molecule has 2 atom stereocenters. The largest absolute Gasteiger partial charge is 0.481 e. The second-order valence-electron chi connectivity index (χ2n) is 7.96. The lowest BCUT2D eigenvalue weighted by Crippen LogP contribution is -2.18. The Kier molecular flexibility index (Phi) is 8.33. The van der Waals surface area contributed by atoms with Gasteiger partial charge in [-0.2, -0.15) is 0 Å². The highest BCUT2D eigenvalue weighted by atomic mass is 31.2. The summed E-state index contributed by atoms with van der Waals surface area (Å²) in [7, 11) is -4.31. The molecule has 3 N–H and O–H groups in total. The van der Waals surface area contributed by atoms with Crippen LogP contribution in [0.2, 0.25) is 0 Å². The molecule has 180 valence electrons. The molecule has 3 aromatic rings. The van der Waals surface area contributed by atoms with Gasteiger partial charge in [0.2, 0.25) is 0 Å². The van der Waals surface area contributed by atoms with Gasteiger partial charge in [0.1, 0.15) is 5.82 Å². The predicted molar refractivity (Wildman–Crippen MR) is 127 cm³/mol. The van der Waals surface area contributed by atoms with Crippen LogP contribution in [0.1, 0.15) is 30.2 Å². The minimum absolute atomic E-state index is 0.285. The van der Waals surface area contributed by atoms with Crippen LogP contribution in [0.15, 0.2) is 54.6 Å². The minimum atomic E-state index is -4.31. The van der Waals surface area contributed by atoms with E-state index in [-0.39, 0.29) is 12.4 Å². The van der Waals surface area contributed by atoms with Gasteiger partial charge >= 0.3 is 13.6 Å². The van der Waals surface area contributed by atoms with E-state index in [0.29, 0.717) is 23.2 Å². The van der Waals surface area contributed by atoms with Gasteiger partial charge in [-0.3, -0.25) is 14.3 Å². The molecule has 0 spiro atoms. The summed E-state index contributed by atoms with van der Waals surface area (Å²) in [5.41, 5.74) is 5.08. The Balaban J connectivity index is 2.07. The van der Waals surface area contributed by atoms with Crippen LogP contribution in [-0.4, -0.2) is 38.3 Å². The third kappa shape index (κ3) is 6.36. The van der Waals surface area contributed by atoms with Crippen LogP contribution in [-0.2, 0) is 26.9 Å². The van der Waals surface area contributed by atoms with E-state index in [9.17, 15) is 23.7 Å². The molecule has 0 saturated heterocycles. The normalized spacial score (nSPS) is 13.9. The molecule has 0 radical (unpaired) electrons. The van der Waals surface area contributed by atoms with E-state index in [1.807, 2.05) is 44.2 Å². The molecule has 0 aliphatic carbocycles. The van der Waals surface area contributed by atoms with Crippen molar-refractivity contribution in [2.45, 2.75) is 39.4 Å². The quantitative estimate of drug-likeness (QED) is 0.346. The molecular formula is C25H27FNO6P. The maximum absolute atomic E-state index is 13.6. The van der Waals surface area contributed by atoms with Crippen molar-refractivity contribution in [2.24, 2.45) is 0 Å². The summed E-state index contributed by atoms with van der Waals surface area (Å²) in [6.07, 6.45) is -2.39. The van der Waals surface area contributed by atoms with E-state index in [1.165, 1.54) is 12.1 Å². The van der Waals surface area contributed by atoms with E-state index in [1.54, 1.807) is 12.1 Å². The molecule has 9 heteroatoms. The van der Waals surface area contributed by atoms with E-state index in [2.05, 4.69) is 0 Å². The molecule has 2 aromatic carbocycles. The Morgan fingerprint density at radius 3 is 2.35 bits per heavy atom. The molecule has 0 aliphatic rings. The number of aryl methyl sites for hydroxylation is 1. The number of aliphatic carboxylic acids is 1. The summed E-state index contributed by atoms with van der Waals surface area (Å²) in [6.45, 7) is 3.50. The van der Waals surface area contributed by atoms with Gasteiger partial charge in [-0.25, -0.2) is 4.39 Å². The number of nitrogens with zero attached hydrogens (tertiary/aromatic N) is 1. The molecule has 7 nitrogen and oxygen atoms in total. The first kappa shape index (κ1) is 25.7. The molecule has 0 amide bonds. The Morgan fingerprint density at radius 2 is 1.76 bits per heavy atom. The van der Waals surface area contributed by atoms with E-state index in [0.717, 1.165) is 22.4 Å². The highest BCUT2D eigenvalue weighted by Gasteiger charge is 2.28. The first-order chi connectivity index (χ1) is 16.1. The smallest absolute Gasteiger partial charge is 0.331 e. The van der Waals surface area contributed by atoms with E-state index in [4.69, 9.17) is 14.6 Å². The molecule has 2 unspecified atom stereocenters. The topological polar surface area (TPSA) is 117 Å². The number of benzene rings is 2. The van der Waals surface area contributed by atoms with Crippen molar-refractivity contribution in [1.29, 1.82) is 0 Å². The lowest BCUT2D eigenvalue weighted by Gasteiger charge is -2.22. The maximum atomic E-state index is 13.6. The summed E-state index contributed by atoms with van der Waals surface area (Å²) in [4.78, 5) is 25.8. The monoisotopic (exact) mass is 487 g/mol. The van der Waals surface area contributed by atoms with Crippen LogP contribution in [0.3, 0.4) is 0 Å². The summed E-state index contributed by atoms with van der Waals surface area (Å²) in [5, 5.41) is 18.6. The number of pyridine rings is 1.